The predicted molar refractivity (Wildman–Crippen MR) is 320 cm³/mol. The Kier molecular flexibility index (Phi) is 55.8. The van der Waals surface area contributed by atoms with Gasteiger partial charge < -0.3 is 33.3 Å². The number of allylic oxidation sites excluding steroid dienone is 10. The van der Waals surface area contributed by atoms with Crippen LogP contribution < -0.4 is 5.11 Å². The lowest BCUT2D eigenvalue weighted by molar-refractivity contribution is -0.870. The molecule has 0 N–H and O–H groups in total. The van der Waals surface area contributed by atoms with Gasteiger partial charge in [0.15, 0.2) is 12.4 Å². The van der Waals surface area contributed by atoms with Crippen LogP contribution in [0.4, 0.5) is 0 Å². The van der Waals surface area contributed by atoms with Gasteiger partial charge in [-0.3, -0.25) is 9.59 Å². The molecule has 0 heterocycles. The van der Waals surface area contributed by atoms with Gasteiger partial charge in [0.05, 0.1) is 40.3 Å². The van der Waals surface area contributed by atoms with Crippen molar-refractivity contribution >= 4 is 17.9 Å². The summed E-state index contributed by atoms with van der Waals surface area (Å²) in [6, 6.07) is 0. The van der Waals surface area contributed by atoms with Crippen molar-refractivity contribution in [3.63, 3.8) is 0 Å². The lowest BCUT2D eigenvalue weighted by Gasteiger charge is -2.26. The smallest absolute Gasteiger partial charge is 0.306 e. The first-order valence-electron chi connectivity index (χ1n) is 31.9. The highest BCUT2D eigenvalue weighted by atomic mass is 16.7. The lowest BCUT2D eigenvalue weighted by atomic mass is 10.0. The van der Waals surface area contributed by atoms with Gasteiger partial charge in [-0.1, -0.05) is 280 Å². The van der Waals surface area contributed by atoms with Crippen LogP contribution in [0, 0.1) is 0 Å². The first-order chi connectivity index (χ1) is 37.1. The first kappa shape index (κ1) is 73.0. The molecule has 9 heteroatoms. The number of quaternary nitrogens is 1. The van der Waals surface area contributed by atoms with E-state index in [9.17, 15) is 19.5 Å². The quantitative estimate of drug-likeness (QED) is 0.0195. The highest BCUT2D eigenvalue weighted by Gasteiger charge is 2.22. The van der Waals surface area contributed by atoms with Crippen LogP contribution >= 0.6 is 0 Å². The number of hydrogen-bond acceptors (Lipinski definition) is 8. The molecule has 0 aromatic rings. The van der Waals surface area contributed by atoms with Crippen LogP contribution in [0.2, 0.25) is 0 Å². The number of rotatable bonds is 59. The van der Waals surface area contributed by atoms with E-state index in [1.165, 1.54) is 186 Å². The summed E-state index contributed by atoms with van der Waals surface area (Å²) >= 11 is 0. The van der Waals surface area contributed by atoms with Crippen molar-refractivity contribution in [2.75, 3.05) is 47.5 Å². The largest absolute Gasteiger partial charge is 0.545 e. The fourth-order valence-corrected chi connectivity index (χ4v) is 9.15. The highest BCUT2D eigenvalue weighted by Crippen LogP contribution is 2.18. The van der Waals surface area contributed by atoms with Gasteiger partial charge in [-0.2, -0.15) is 0 Å². The van der Waals surface area contributed by atoms with E-state index >= 15 is 0 Å². The summed E-state index contributed by atoms with van der Waals surface area (Å²) in [6.45, 7) is 4.68. The second-order valence-corrected chi connectivity index (χ2v) is 22.7. The molecule has 0 radical (unpaired) electrons. The molecule has 0 rings (SSSR count). The average molecular weight is 1070 g/mol. The molecule has 2 atom stereocenters. The molecule has 0 bridgehead atoms. The minimum Gasteiger partial charge on any atom is -0.545 e. The molecule has 0 spiro atoms. The predicted octanol–water partition coefficient (Wildman–Crippen LogP) is 17.9. The molecule has 442 valence electrons. The second kappa shape index (κ2) is 58.1. The maximum absolute atomic E-state index is 12.9. The Labute approximate surface area is 469 Å². The zero-order valence-corrected chi connectivity index (χ0v) is 50.4. The molecule has 0 aliphatic rings. The molecule has 0 aliphatic heterocycles. The number of carbonyl (C=O) groups is 3. The third-order valence-corrected chi connectivity index (χ3v) is 14.0. The molecule has 0 aromatic heterocycles. The van der Waals surface area contributed by atoms with Gasteiger partial charge in [0.25, 0.3) is 0 Å². The number of nitrogens with zero attached hydrogens (tertiary/aromatic N) is 1. The molecule has 0 aliphatic carbocycles. The van der Waals surface area contributed by atoms with Crippen molar-refractivity contribution in [3.05, 3.63) is 60.8 Å². The number of aliphatic carboxylic acids is 1. The summed E-state index contributed by atoms with van der Waals surface area (Å²) in [5.41, 5.74) is 0. The molecular weight excluding hydrogens is 947 g/mol. The van der Waals surface area contributed by atoms with Crippen molar-refractivity contribution in [2.24, 2.45) is 0 Å². The summed E-state index contributed by atoms with van der Waals surface area (Å²) < 4.78 is 22.8. The van der Waals surface area contributed by atoms with Gasteiger partial charge in [-0.05, 0) is 57.8 Å². The van der Waals surface area contributed by atoms with E-state index in [2.05, 4.69) is 74.6 Å². The number of unbranched alkanes of at least 4 members (excludes halogenated alkanes) is 34. The van der Waals surface area contributed by atoms with E-state index in [0.717, 1.165) is 70.6 Å². The van der Waals surface area contributed by atoms with Gasteiger partial charge in [0.2, 0.25) is 0 Å². The van der Waals surface area contributed by atoms with Gasteiger partial charge in [-0.15, -0.1) is 0 Å². The molecule has 0 fully saturated rings. The van der Waals surface area contributed by atoms with Crippen LogP contribution in [-0.2, 0) is 33.3 Å². The number of carboxylic acid groups (broad SMARTS) is 1. The van der Waals surface area contributed by atoms with Crippen molar-refractivity contribution in [1.82, 2.24) is 0 Å². The average Bonchev–Trinajstić information content (AvgIpc) is 3.39. The van der Waals surface area contributed by atoms with Gasteiger partial charge in [-0.25, -0.2) is 0 Å². The number of hydrogen-bond donors (Lipinski definition) is 0. The van der Waals surface area contributed by atoms with Crippen LogP contribution in [-0.4, -0.2) is 82.3 Å². The maximum Gasteiger partial charge on any atom is 0.306 e. The minimum atomic E-state index is -1.62. The van der Waals surface area contributed by atoms with Gasteiger partial charge in [0, 0.05) is 12.8 Å². The van der Waals surface area contributed by atoms with Crippen LogP contribution in [0.25, 0.3) is 0 Å². The number of likely N-dealkylation sites (N-methyl/N-ethyl adjacent to an activating group) is 1. The van der Waals surface area contributed by atoms with Crippen molar-refractivity contribution in [2.45, 2.75) is 302 Å². The van der Waals surface area contributed by atoms with Crippen molar-refractivity contribution in [1.29, 1.82) is 0 Å². The Balaban J connectivity index is 4.16. The Hall–Kier alpha value is -3.01. The summed E-state index contributed by atoms with van der Waals surface area (Å²) in [5, 5.41) is 11.8. The Bertz CT molecular complexity index is 1430. The van der Waals surface area contributed by atoms with E-state index in [1.807, 2.05) is 21.1 Å². The summed E-state index contributed by atoms with van der Waals surface area (Å²) in [6.07, 6.45) is 71.4. The van der Waals surface area contributed by atoms with Crippen LogP contribution in [0.1, 0.15) is 290 Å². The zero-order valence-electron chi connectivity index (χ0n) is 50.4. The van der Waals surface area contributed by atoms with Crippen LogP contribution in [0.15, 0.2) is 60.8 Å². The third-order valence-electron chi connectivity index (χ3n) is 14.0. The van der Waals surface area contributed by atoms with E-state index in [0.29, 0.717) is 23.9 Å². The number of ether oxygens (including phenoxy) is 4. The van der Waals surface area contributed by atoms with Crippen LogP contribution in [0.3, 0.4) is 0 Å². The van der Waals surface area contributed by atoms with Crippen molar-refractivity contribution < 1.29 is 42.9 Å². The van der Waals surface area contributed by atoms with E-state index in [4.69, 9.17) is 18.9 Å². The zero-order chi connectivity index (χ0) is 55.5. The molecule has 9 nitrogen and oxygen atoms in total. The molecule has 0 saturated heterocycles. The Morgan fingerprint density at radius 2 is 0.750 bits per heavy atom. The maximum atomic E-state index is 12.9. The Morgan fingerprint density at radius 3 is 1.12 bits per heavy atom. The second-order valence-electron chi connectivity index (χ2n) is 22.7. The molecule has 0 amide bonds. The summed E-state index contributed by atoms with van der Waals surface area (Å²) in [4.78, 5) is 37.4. The first-order valence-corrected chi connectivity index (χ1v) is 31.9. The minimum absolute atomic E-state index is 0.148. The Morgan fingerprint density at radius 1 is 0.408 bits per heavy atom. The number of carboxylic acids is 1. The molecule has 76 heavy (non-hydrogen) atoms. The molecule has 2 unspecified atom stereocenters. The monoisotopic (exact) mass is 1070 g/mol. The fraction of sp³-hybridized carbons (Fsp3) is 0.806. The van der Waals surface area contributed by atoms with E-state index in [1.54, 1.807) is 0 Å². The van der Waals surface area contributed by atoms with Crippen molar-refractivity contribution in [3.8, 4) is 0 Å². The summed E-state index contributed by atoms with van der Waals surface area (Å²) in [5.74, 6) is -2.27. The molecule has 0 aromatic carbocycles. The lowest BCUT2D eigenvalue weighted by Crippen LogP contribution is -2.44. The molecule has 0 saturated carbocycles. The normalized spacial score (nSPS) is 13.1. The van der Waals surface area contributed by atoms with Gasteiger partial charge in [0.1, 0.15) is 13.2 Å². The number of esters is 2. The highest BCUT2D eigenvalue weighted by molar-refractivity contribution is 5.70. The third kappa shape index (κ3) is 58.7. The topological polar surface area (TPSA) is 111 Å². The number of carbonyl (C=O) groups excluding carboxylic acids is 3. The fourth-order valence-electron chi connectivity index (χ4n) is 9.15. The summed E-state index contributed by atoms with van der Waals surface area (Å²) in [7, 11) is 5.93. The van der Waals surface area contributed by atoms with Crippen LogP contribution in [0.5, 0.6) is 0 Å². The van der Waals surface area contributed by atoms with E-state index in [-0.39, 0.29) is 32.2 Å². The molecular formula is C67H121NO8. The van der Waals surface area contributed by atoms with Gasteiger partial charge >= 0.3 is 11.9 Å². The SMILES string of the molecule is CC/C=C\C/C=C\C/C=C\C/C=C\C/C=C\CCCCCCCCCCCCCCCC(=O)OC(COC(=O)CCCCCCCCCCCCCCCCCCCCCCCC)COC(OCC[N+](C)(C)C)C(=O)[O-]. The van der Waals surface area contributed by atoms with E-state index < -0.39 is 24.3 Å². The standard InChI is InChI=1S/C67H121NO8/c1-6-8-10-12-14-16-18-20-22-24-26-28-30-31-32-33-34-35-36-38-40-42-44-46-48-50-52-54-56-58-65(70)76-63(62-75-67(66(71)72)73-60-59-68(3,4)5)61-74-64(69)57-55-53-51-49-47-45-43-41-39-37-29-27-25-23-21-19-17-15-13-11-9-7-2/h8,10,14,16,20,22,26,28,31-32,63,67H,6-7,9,11-13,15,17-19,21,23-25,27,29-30,33-62H2,1-5H3/b10-8-,16-14-,22-20-,28-26-,32-31-.